The van der Waals surface area contributed by atoms with Gasteiger partial charge in [0.05, 0.1) is 18.8 Å². The summed E-state index contributed by atoms with van der Waals surface area (Å²) in [6, 6.07) is 0. The van der Waals surface area contributed by atoms with Gasteiger partial charge in [0.2, 0.25) is 0 Å². The summed E-state index contributed by atoms with van der Waals surface area (Å²) in [4.78, 5) is 0. The van der Waals surface area contributed by atoms with Gasteiger partial charge in [0.1, 0.15) is 0 Å². The van der Waals surface area contributed by atoms with Crippen LogP contribution >= 0.6 is 0 Å². The quantitative estimate of drug-likeness (QED) is 0.628. The SMILES string of the molecule is CCCCNCC(O)CO[C@H]1O[C@@H]2O[C@@H](C)CCC3C2C(CC[C@H]3C)[C@H]1C. The van der Waals surface area contributed by atoms with Crippen molar-refractivity contribution in [3.05, 3.63) is 0 Å². The van der Waals surface area contributed by atoms with Crippen molar-refractivity contribution in [2.24, 2.45) is 29.6 Å². The summed E-state index contributed by atoms with van der Waals surface area (Å²) in [7, 11) is 0. The van der Waals surface area contributed by atoms with Crippen LogP contribution < -0.4 is 5.32 Å². The summed E-state index contributed by atoms with van der Waals surface area (Å²) in [5.74, 6) is 2.90. The first-order chi connectivity index (χ1) is 13.0. The zero-order chi connectivity index (χ0) is 19.4. The lowest BCUT2D eigenvalue weighted by Crippen LogP contribution is -2.54. The average molecular weight is 384 g/mol. The lowest BCUT2D eigenvalue weighted by molar-refractivity contribution is -0.336. The molecule has 0 bridgehead atoms. The highest BCUT2D eigenvalue weighted by atomic mass is 16.8. The molecule has 0 radical (unpaired) electrons. The Balaban J connectivity index is 1.57. The maximum atomic E-state index is 10.2. The van der Waals surface area contributed by atoms with Crippen molar-refractivity contribution in [2.75, 3.05) is 19.7 Å². The topological polar surface area (TPSA) is 60.0 Å². The van der Waals surface area contributed by atoms with Crippen molar-refractivity contribution >= 4 is 0 Å². The summed E-state index contributed by atoms with van der Waals surface area (Å²) in [5, 5.41) is 13.5. The molecule has 3 aliphatic rings. The lowest BCUT2D eigenvalue weighted by atomic mass is 9.61. The van der Waals surface area contributed by atoms with Crippen LogP contribution in [0.15, 0.2) is 0 Å². The molecule has 2 heterocycles. The highest BCUT2D eigenvalue weighted by Gasteiger charge is 2.52. The van der Waals surface area contributed by atoms with Gasteiger partial charge in [-0.3, -0.25) is 0 Å². The molecule has 2 N–H and O–H groups in total. The van der Waals surface area contributed by atoms with Crippen LogP contribution in [0, 0.1) is 29.6 Å². The van der Waals surface area contributed by atoms with Gasteiger partial charge in [0.15, 0.2) is 12.6 Å². The molecule has 3 fully saturated rings. The summed E-state index contributed by atoms with van der Waals surface area (Å²) in [6.45, 7) is 10.8. The molecule has 0 aromatic heterocycles. The second-order valence-electron chi connectivity index (χ2n) is 9.26. The van der Waals surface area contributed by atoms with Crippen LogP contribution in [0.4, 0.5) is 0 Å². The second-order valence-corrected chi connectivity index (χ2v) is 9.26. The molecule has 1 aliphatic carbocycles. The summed E-state index contributed by atoms with van der Waals surface area (Å²) < 4.78 is 18.7. The Morgan fingerprint density at radius 2 is 1.85 bits per heavy atom. The molecule has 4 unspecified atom stereocenters. The first kappa shape index (κ1) is 21.5. The highest BCUT2D eigenvalue weighted by Crippen LogP contribution is 2.52. The van der Waals surface area contributed by atoms with Crippen LogP contribution in [0.25, 0.3) is 0 Å². The van der Waals surface area contributed by atoms with Crippen molar-refractivity contribution in [3.8, 4) is 0 Å². The van der Waals surface area contributed by atoms with E-state index < -0.39 is 6.10 Å². The molecule has 9 atom stereocenters. The third-order valence-corrected chi connectivity index (χ3v) is 7.18. The van der Waals surface area contributed by atoms with Crippen LogP contribution in [0.2, 0.25) is 0 Å². The van der Waals surface area contributed by atoms with Gasteiger partial charge in [-0.1, -0.05) is 33.6 Å². The number of aliphatic hydroxyl groups is 1. The molecule has 0 aromatic carbocycles. The first-order valence-corrected chi connectivity index (χ1v) is 11.3. The Labute approximate surface area is 165 Å². The Hall–Kier alpha value is -0.200. The summed E-state index contributed by atoms with van der Waals surface area (Å²) in [5.41, 5.74) is 0. The van der Waals surface area contributed by atoms with Crippen LogP contribution in [0.3, 0.4) is 0 Å². The van der Waals surface area contributed by atoms with Gasteiger partial charge in [-0.2, -0.15) is 0 Å². The molecular formula is C22H41NO4. The second kappa shape index (κ2) is 10.0. The third kappa shape index (κ3) is 5.24. The van der Waals surface area contributed by atoms with E-state index in [0.717, 1.165) is 31.7 Å². The fraction of sp³-hybridized carbons (Fsp3) is 1.00. The van der Waals surface area contributed by atoms with E-state index in [1.807, 2.05) is 0 Å². The predicted octanol–water partition coefficient (Wildman–Crippen LogP) is 3.55. The summed E-state index contributed by atoms with van der Waals surface area (Å²) in [6.07, 6.45) is 6.53. The number of ether oxygens (including phenoxy) is 3. The predicted molar refractivity (Wildman–Crippen MR) is 106 cm³/mol. The van der Waals surface area contributed by atoms with Gasteiger partial charge in [-0.15, -0.1) is 0 Å². The van der Waals surface area contributed by atoms with Gasteiger partial charge >= 0.3 is 0 Å². The number of rotatable bonds is 8. The molecule has 158 valence electrons. The van der Waals surface area contributed by atoms with E-state index in [0.29, 0.717) is 36.8 Å². The van der Waals surface area contributed by atoms with Gasteiger partial charge < -0.3 is 24.6 Å². The molecule has 0 amide bonds. The van der Waals surface area contributed by atoms with Gasteiger partial charge in [-0.25, -0.2) is 0 Å². The van der Waals surface area contributed by atoms with E-state index in [-0.39, 0.29) is 18.7 Å². The molecule has 2 aliphatic heterocycles. The zero-order valence-corrected chi connectivity index (χ0v) is 17.7. The van der Waals surface area contributed by atoms with E-state index in [2.05, 4.69) is 33.0 Å². The Bertz CT molecular complexity index is 448. The van der Waals surface area contributed by atoms with E-state index in [1.165, 1.54) is 19.3 Å². The molecule has 27 heavy (non-hydrogen) atoms. The van der Waals surface area contributed by atoms with Crippen molar-refractivity contribution in [1.29, 1.82) is 0 Å². The Kier molecular flexibility index (Phi) is 7.98. The minimum atomic E-state index is -0.497. The number of aliphatic hydroxyl groups excluding tert-OH is 1. The average Bonchev–Trinajstić information content (AvgIpc) is 2.81. The molecule has 1 saturated carbocycles. The molecule has 0 spiro atoms. The molecule has 5 nitrogen and oxygen atoms in total. The molecule has 3 rings (SSSR count). The van der Waals surface area contributed by atoms with E-state index in [1.54, 1.807) is 0 Å². The van der Waals surface area contributed by atoms with Gasteiger partial charge in [0, 0.05) is 18.4 Å². The monoisotopic (exact) mass is 383 g/mol. The largest absolute Gasteiger partial charge is 0.389 e. The smallest absolute Gasteiger partial charge is 0.164 e. The third-order valence-electron chi connectivity index (χ3n) is 7.18. The first-order valence-electron chi connectivity index (χ1n) is 11.3. The van der Waals surface area contributed by atoms with Crippen molar-refractivity contribution in [3.63, 3.8) is 0 Å². The van der Waals surface area contributed by atoms with Crippen LogP contribution in [0.1, 0.15) is 66.2 Å². The molecule has 2 saturated heterocycles. The standard InChI is InChI=1S/C22H41NO4/c1-5-6-11-23-12-17(24)13-25-21-16(4)19-9-7-14(2)18-10-8-15(3)26-22(27-21)20(18)19/h14-24H,5-13H2,1-4H3/t14-,15+,16-,17?,18?,19?,20?,21+,22+/m1/s1. The zero-order valence-electron chi connectivity index (χ0n) is 17.7. The normalized spacial score (nSPS) is 43.0. The Morgan fingerprint density at radius 1 is 1.07 bits per heavy atom. The fourth-order valence-electron chi connectivity index (χ4n) is 5.47. The number of hydrogen-bond donors (Lipinski definition) is 2. The van der Waals surface area contributed by atoms with E-state index in [9.17, 15) is 5.11 Å². The molecule has 5 heteroatoms. The van der Waals surface area contributed by atoms with E-state index in [4.69, 9.17) is 14.2 Å². The maximum absolute atomic E-state index is 10.2. The van der Waals surface area contributed by atoms with Crippen molar-refractivity contribution < 1.29 is 19.3 Å². The van der Waals surface area contributed by atoms with Crippen molar-refractivity contribution in [1.82, 2.24) is 5.32 Å². The highest BCUT2D eigenvalue weighted by molar-refractivity contribution is 4.95. The van der Waals surface area contributed by atoms with Gasteiger partial charge in [-0.05, 0) is 56.9 Å². The number of hydrogen-bond acceptors (Lipinski definition) is 5. The van der Waals surface area contributed by atoms with Crippen LogP contribution in [-0.4, -0.2) is 49.6 Å². The minimum absolute atomic E-state index is 0.152. The Morgan fingerprint density at radius 3 is 2.63 bits per heavy atom. The van der Waals surface area contributed by atoms with Crippen LogP contribution in [0.5, 0.6) is 0 Å². The summed E-state index contributed by atoms with van der Waals surface area (Å²) >= 11 is 0. The molecule has 0 aromatic rings. The number of unbranched alkanes of at least 4 members (excludes halogenated alkanes) is 1. The van der Waals surface area contributed by atoms with Gasteiger partial charge in [0.25, 0.3) is 0 Å². The fourth-order valence-corrected chi connectivity index (χ4v) is 5.47. The lowest BCUT2D eigenvalue weighted by Gasteiger charge is -2.51. The minimum Gasteiger partial charge on any atom is -0.389 e. The van der Waals surface area contributed by atoms with E-state index >= 15 is 0 Å². The van der Waals surface area contributed by atoms with Crippen molar-refractivity contribution in [2.45, 2.75) is 91.0 Å². The number of nitrogens with one attached hydrogen (secondary N) is 1. The maximum Gasteiger partial charge on any atom is 0.164 e. The van der Waals surface area contributed by atoms with Crippen LogP contribution in [-0.2, 0) is 14.2 Å². The molecular weight excluding hydrogens is 342 g/mol.